The van der Waals surface area contributed by atoms with Gasteiger partial charge >= 0.3 is 18.0 Å². The van der Waals surface area contributed by atoms with Crippen LogP contribution < -0.4 is 10.1 Å². The quantitative estimate of drug-likeness (QED) is 0.243. The number of urea groups is 1. The number of ether oxygens (including phenoxy) is 3. The second-order valence-corrected chi connectivity index (χ2v) is 9.09. The highest BCUT2D eigenvalue weighted by molar-refractivity contribution is 6.04. The van der Waals surface area contributed by atoms with Crippen molar-refractivity contribution in [3.63, 3.8) is 0 Å². The van der Waals surface area contributed by atoms with Crippen LogP contribution in [0.1, 0.15) is 43.7 Å². The number of benzene rings is 4. The monoisotopic (exact) mass is 538 g/mol. The number of cyclic esters (lactones) is 1. The minimum Gasteiger partial charge on any atom is -0.478 e. The van der Waals surface area contributed by atoms with Crippen LogP contribution in [0.15, 0.2) is 97.1 Å². The van der Waals surface area contributed by atoms with Gasteiger partial charge in [-0.2, -0.15) is 0 Å². The Morgan fingerprint density at radius 1 is 0.875 bits per heavy atom. The molecule has 2 N–H and O–H groups in total. The number of amides is 2. The molecule has 202 valence electrons. The van der Waals surface area contributed by atoms with Crippen molar-refractivity contribution >= 4 is 23.7 Å². The number of nitrogens with zero attached hydrogens (tertiary/aromatic N) is 1. The maximum absolute atomic E-state index is 13.6. The first-order valence-electron chi connectivity index (χ1n) is 12.5. The van der Waals surface area contributed by atoms with E-state index in [4.69, 9.17) is 14.2 Å². The summed E-state index contributed by atoms with van der Waals surface area (Å²) < 4.78 is 16.1. The van der Waals surface area contributed by atoms with Crippen LogP contribution in [-0.2, 0) is 22.6 Å². The number of hydrogen-bond donors (Lipinski definition) is 2. The number of aromatic carboxylic acids is 1. The Labute approximate surface area is 230 Å². The third-order valence-electron chi connectivity index (χ3n) is 6.34. The highest BCUT2D eigenvalue weighted by atomic mass is 16.7. The first kappa shape index (κ1) is 26.5. The van der Waals surface area contributed by atoms with Gasteiger partial charge < -0.3 is 29.5 Å². The number of para-hydroxylation sites is 1. The molecule has 1 atom stereocenters. The first-order valence-corrected chi connectivity index (χ1v) is 12.5. The zero-order chi connectivity index (χ0) is 28.1. The van der Waals surface area contributed by atoms with Crippen LogP contribution in [-0.4, -0.2) is 35.1 Å². The standard InChI is InChI=1S/C31H26N2O7/c1-38-30-25-16-26(28(34)35)27(17-24(25)29(36)40-30)32-31(37)33(18-20-8-4-2-5-9-20)19-21-12-14-23(15-13-21)39-22-10-6-3-7-11-22/h2-17,30H,18-19H2,1H3,(H,32,37)(H,34,35). The number of rotatable bonds is 9. The number of hydrogen-bond acceptors (Lipinski definition) is 6. The SMILES string of the molecule is COC1OC(=O)c2cc(NC(=O)N(Cc3ccccc3)Cc3ccc(Oc4ccccc4)cc3)c(C(=O)O)cc21. The zero-order valence-corrected chi connectivity index (χ0v) is 21.6. The van der Waals surface area contributed by atoms with Gasteiger partial charge in [0.25, 0.3) is 0 Å². The average molecular weight is 539 g/mol. The molecule has 4 aromatic rings. The molecule has 1 heterocycles. The largest absolute Gasteiger partial charge is 0.478 e. The Bertz CT molecular complexity index is 1520. The number of fused-ring (bicyclic) bond motifs is 1. The van der Waals surface area contributed by atoms with Gasteiger partial charge in [-0.1, -0.05) is 60.7 Å². The number of methoxy groups -OCH3 is 1. The summed E-state index contributed by atoms with van der Waals surface area (Å²) in [6.45, 7) is 0.490. The molecule has 0 aliphatic carbocycles. The molecule has 0 radical (unpaired) electrons. The number of carboxylic acids is 1. The van der Waals surface area contributed by atoms with Gasteiger partial charge in [-0.25, -0.2) is 14.4 Å². The summed E-state index contributed by atoms with van der Waals surface area (Å²) in [6.07, 6.45) is -1.01. The molecule has 2 amide bonds. The van der Waals surface area contributed by atoms with Crippen LogP contribution in [0.2, 0.25) is 0 Å². The Morgan fingerprint density at radius 2 is 1.48 bits per heavy atom. The number of carbonyl (C=O) groups excluding carboxylic acids is 2. The Kier molecular flexibility index (Phi) is 7.75. The van der Waals surface area contributed by atoms with E-state index in [0.717, 1.165) is 11.1 Å². The average Bonchev–Trinajstić information content (AvgIpc) is 3.28. The molecule has 0 aromatic heterocycles. The van der Waals surface area contributed by atoms with E-state index < -0.39 is 24.3 Å². The summed E-state index contributed by atoms with van der Waals surface area (Å²) in [5, 5.41) is 12.5. The second-order valence-electron chi connectivity index (χ2n) is 9.09. The van der Waals surface area contributed by atoms with E-state index in [-0.39, 0.29) is 29.9 Å². The fourth-order valence-corrected chi connectivity index (χ4v) is 4.37. The molecule has 1 unspecified atom stereocenters. The van der Waals surface area contributed by atoms with Crippen molar-refractivity contribution in [1.29, 1.82) is 0 Å². The molecule has 1 aliphatic heterocycles. The molecular weight excluding hydrogens is 512 g/mol. The van der Waals surface area contributed by atoms with E-state index in [0.29, 0.717) is 17.1 Å². The van der Waals surface area contributed by atoms with Crippen molar-refractivity contribution in [3.8, 4) is 11.5 Å². The summed E-state index contributed by atoms with van der Waals surface area (Å²) in [5.74, 6) is -0.562. The Hall–Kier alpha value is -5.15. The smallest absolute Gasteiger partial charge is 0.341 e. The van der Waals surface area contributed by atoms with E-state index in [9.17, 15) is 19.5 Å². The molecule has 0 saturated heterocycles. The lowest BCUT2D eigenvalue weighted by Gasteiger charge is -2.24. The minimum absolute atomic E-state index is 0.0189. The number of carboxylic acid groups (broad SMARTS) is 1. The van der Waals surface area contributed by atoms with E-state index >= 15 is 0 Å². The van der Waals surface area contributed by atoms with E-state index in [1.165, 1.54) is 19.2 Å². The summed E-state index contributed by atoms with van der Waals surface area (Å²) in [5.41, 5.74) is 1.95. The molecule has 9 heteroatoms. The Morgan fingerprint density at radius 3 is 2.10 bits per heavy atom. The van der Waals surface area contributed by atoms with Gasteiger partial charge in [0.1, 0.15) is 11.5 Å². The van der Waals surface area contributed by atoms with Gasteiger partial charge in [0, 0.05) is 25.8 Å². The van der Waals surface area contributed by atoms with E-state index in [1.54, 1.807) is 4.90 Å². The predicted molar refractivity (Wildman–Crippen MR) is 146 cm³/mol. The molecule has 0 spiro atoms. The van der Waals surface area contributed by atoms with Gasteiger partial charge in [-0.15, -0.1) is 0 Å². The van der Waals surface area contributed by atoms with E-state index in [2.05, 4.69) is 5.32 Å². The van der Waals surface area contributed by atoms with Gasteiger partial charge in [-0.05, 0) is 47.5 Å². The van der Waals surface area contributed by atoms with Crippen LogP contribution >= 0.6 is 0 Å². The number of esters is 1. The van der Waals surface area contributed by atoms with Crippen molar-refractivity contribution in [2.45, 2.75) is 19.4 Å². The summed E-state index contributed by atoms with van der Waals surface area (Å²) in [4.78, 5) is 39.5. The van der Waals surface area contributed by atoms with Crippen LogP contribution in [0.5, 0.6) is 11.5 Å². The molecule has 1 aliphatic rings. The molecule has 0 bridgehead atoms. The number of anilines is 1. The van der Waals surface area contributed by atoms with Crippen molar-refractivity contribution < 1.29 is 33.7 Å². The highest BCUT2D eigenvalue weighted by Gasteiger charge is 2.34. The topological polar surface area (TPSA) is 114 Å². The van der Waals surface area contributed by atoms with Crippen LogP contribution in [0, 0.1) is 0 Å². The molecular formula is C31H26N2O7. The fraction of sp³-hybridized carbons (Fsp3) is 0.129. The van der Waals surface area contributed by atoms with Gasteiger partial charge in [-0.3, -0.25) is 0 Å². The second kappa shape index (κ2) is 11.7. The lowest BCUT2D eigenvalue weighted by Crippen LogP contribution is -2.34. The maximum Gasteiger partial charge on any atom is 0.341 e. The molecule has 5 rings (SSSR count). The first-order chi connectivity index (χ1) is 19.4. The van der Waals surface area contributed by atoms with Crippen molar-refractivity contribution in [1.82, 2.24) is 4.90 Å². The molecule has 9 nitrogen and oxygen atoms in total. The third-order valence-corrected chi connectivity index (χ3v) is 6.34. The third kappa shape index (κ3) is 5.95. The summed E-state index contributed by atoms with van der Waals surface area (Å²) in [7, 11) is 1.35. The zero-order valence-electron chi connectivity index (χ0n) is 21.6. The van der Waals surface area contributed by atoms with Crippen molar-refractivity contribution in [2.75, 3.05) is 12.4 Å². The molecule has 40 heavy (non-hydrogen) atoms. The van der Waals surface area contributed by atoms with Gasteiger partial charge in [0.15, 0.2) is 0 Å². The summed E-state index contributed by atoms with van der Waals surface area (Å²) >= 11 is 0. The van der Waals surface area contributed by atoms with Gasteiger partial charge in [0.05, 0.1) is 16.8 Å². The van der Waals surface area contributed by atoms with Crippen molar-refractivity contribution in [2.24, 2.45) is 0 Å². The number of nitrogens with one attached hydrogen (secondary N) is 1. The molecule has 0 fully saturated rings. The Balaban J connectivity index is 1.39. The van der Waals surface area contributed by atoms with Crippen LogP contribution in [0.25, 0.3) is 0 Å². The van der Waals surface area contributed by atoms with Crippen LogP contribution in [0.4, 0.5) is 10.5 Å². The molecule has 4 aromatic carbocycles. The highest BCUT2D eigenvalue weighted by Crippen LogP contribution is 2.35. The molecule has 0 saturated carbocycles. The lowest BCUT2D eigenvalue weighted by atomic mass is 10.0. The lowest BCUT2D eigenvalue weighted by molar-refractivity contribution is -0.0816. The predicted octanol–water partition coefficient (Wildman–Crippen LogP) is 6.23. The fourth-order valence-electron chi connectivity index (χ4n) is 4.37. The van der Waals surface area contributed by atoms with Gasteiger partial charge in [0.2, 0.25) is 6.29 Å². The maximum atomic E-state index is 13.6. The number of carbonyl (C=O) groups is 3. The minimum atomic E-state index is -1.27. The normalized spacial score (nSPS) is 13.7. The van der Waals surface area contributed by atoms with Crippen molar-refractivity contribution in [3.05, 3.63) is 125 Å². The van der Waals surface area contributed by atoms with Crippen LogP contribution in [0.3, 0.4) is 0 Å². The van der Waals surface area contributed by atoms with E-state index in [1.807, 2.05) is 84.9 Å². The summed E-state index contributed by atoms with van der Waals surface area (Å²) in [6, 6.07) is 28.3.